The van der Waals surface area contributed by atoms with E-state index >= 15 is 0 Å². The lowest BCUT2D eigenvalue weighted by Gasteiger charge is -2.30. The van der Waals surface area contributed by atoms with Crippen molar-refractivity contribution in [1.82, 2.24) is 9.55 Å². The fraction of sp³-hybridized carbons (Fsp3) is 0.600. The van der Waals surface area contributed by atoms with E-state index in [1.165, 1.54) is 0 Å². The Hall–Kier alpha value is -2.16. The number of hydrogen-bond acceptors (Lipinski definition) is 17. The predicted molar refractivity (Wildman–Crippen MR) is 108 cm³/mol. The van der Waals surface area contributed by atoms with Gasteiger partial charge >= 0.3 is 0 Å². The van der Waals surface area contributed by atoms with Gasteiger partial charge in [-0.25, -0.2) is 4.98 Å². The molecule has 2 rings (SSSR count). The number of phosphoric acid groups is 2. The monoisotopic (exact) mass is 573 g/mol. The van der Waals surface area contributed by atoms with Crippen LogP contribution >= 0.6 is 15.6 Å². The number of anilines is 1. The van der Waals surface area contributed by atoms with Crippen LogP contribution in [0.5, 0.6) is 0 Å². The minimum atomic E-state index is -5.45. The highest BCUT2D eigenvalue weighted by molar-refractivity contribution is 7.43. The highest BCUT2D eigenvalue weighted by Crippen LogP contribution is 2.35. The molecular weight excluding hydrogens is 552 g/mol. The zero-order valence-corrected chi connectivity index (χ0v) is 20.1. The van der Waals surface area contributed by atoms with E-state index in [9.17, 15) is 58.7 Å². The number of amides is 1. The second-order valence-electron chi connectivity index (χ2n) is 7.34. The van der Waals surface area contributed by atoms with Crippen LogP contribution in [0.2, 0.25) is 0 Å². The SMILES string of the molecule is NC(=O)c1ncn([C@@H]2O[C@H](COP(=O)([O-])[O-])[C@@H](O)[C@H]2O)c1NC=NCC(=O)[C@@H](O)[C@@H](O)COP(=O)([O-])[O-]. The first kappa shape index (κ1) is 31.1. The van der Waals surface area contributed by atoms with E-state index in [1.54, 1.807) is 0 Å². The topological polar surface area (TPSA) is 337 Å². The number of phosphoric ester groups is 2. The largest absolute Gasteiger partial charge is 0.790 e. The Kier molecular flexibility index (Phi) is 10.6. The average molecular weight is 573 g/mol. The van der Waals surface area contributed by atoms with Crippen LogP contribution < -0.4 is 30.6 Å². The van der Waals surface area contributed by atoms with Crippen molar-refractivity contribution in [2.75, 3.05) is 25.1 Å². The van der Waals surface area contributed by atoms with Crippen molar-refractivity contribution in [3.8, 4) is 0 Å². The molecule has 0 saturated carbocycles. The number of carbonyl (C=O) groups excluding carboxylic acids is 2. The number of aliphatic imine (C=N–C) groups is 1. The first-order valence-corrected chi connectivity index (χ1v) is 12.8. The summed E-state index contributed by atoms with van der Waals surface area (Å²) in [5.41, 5.74) is 4.80. The molecule has 1 saturated heterocycles. The van der Waals surface area contributed by atoms with E-state index in [0.29, 0.717) is 0 Å². The minimum Gasteiger partial charge on any atom is -0.790 e. The number of aromatic nitrogens is 2. The summed E-state index contributed by atoms with van der Waals surface area (Å²) in [6.45, 7) is -2.91. The number of aliphatic hydroxyl groups excluding tert-OH is 4. The van der Waals surface area contributed by atoms with E-state index in [-0.39, 0.29) is 5.82 Å². The third-order valence-electron chi connectivity index (χ3n) is 4.67. The molecule has 1 aromatic rings. The molecule has 7 N–H and O–H groups in total. The molecule has 0 bridgehead atoms. The van der Waals surface area contributed by atoms with Gasteiger partial charge in [-0.1, -0.05) is 0 Å². The molecular formula is C15H21N5O15P2-4. The van der Waals surface area contributed by atoms with Gasteiger partial charge < -0.3 is 74.0 Å². The van der Waals surface area contributed by atoms with Crippen LogP contribution in [0, 0.1) is 0 Å². The molecule has 0 radical (unpaired) electrons. The summed E-state index contributed by atoms with van der Waals surface area (Å²) in [7, 11) is -10.9. The quantitative estimate of drug-likeness (QED) is 0.0683. The Bertz CT molecular complexity index is 1090. The van der Waals surface area contributed by atoms with Gasteiger partial charge in [0.15, 0.2) is 17.7 Å². The van der Waals surface area contributed by atoms with Gasteiger partial charge in [-0.3, -0.25) is 19.1 Å². The summed E-state index contributed by atoms with van der Waals surface area (Å²) in [4.78, 5) is 73.0. The maximum atomic E-state index is 11.9. The number of hydrogen-bond donors (Lipinski definition) is 6. The lowest BCUT2D eigenvalue weighted by atomic mass is 10.1. The zero-order valence-electron chi connectivity index (χ0n) is 18.3. The molecule has 0 aliphatic carbocycles. The van der Waals surface area contributed by atoms with Gasteiger partial charge in [0.1, 0.15) is 42.9 Å². The summed E-state index contributed by atoms with van der Waals surface area (Å²) in [6.07, 6.45) is -8.93. The number of imidazole rings is 1. The third kappa shape index (κ3) is 8.97. The van der Waals surface area contributed by atoms with Crippen molar-refractivity contribution in [2.45, 2.75) is 36.7 Å². The smallest absolute Gasteiger partial charge is 0.271 e. The molecule has 0 aromatic carbocycles. The van der Waals surface area contributed by atoms with Gasteiger partial charge in [-0.05, 0) is 0 Å². The molecule has 1 aliphatic rings. The Morgan fingerprint density at radius 1 is 1.22 bits per heavy atom. The van der Waals surface area contributed by atoms with Crippen LogP contribution in [0.25, 0.3) is 0 Å². The molecule has 22 heteroatoms. The molecule has 0 spiro atoms. The van der Waals surface area contributed by atoms with Crippen molar-refractivity contribution < 1.29 is 72.5 Å². The molecule has 2 heterocycles. The molecule has 210 valence electrons. The standard InChI is InChI=1S/C15H25N5O15P2/c16-13(26)9-14(18-4-17-1-6(21)10(23)7(22)2-33-36(27,28)29)20(5-19-9)15-12(25)11(24)8(35-15)3-34-37(30,31)32/h4-5,7-8,10-12,15,22-25H,1-3H2,(H2,16,26)(H,17,18)(H2,27,28,29)(H2,30,31,32)/p-4/t7-,8+,10+,11+,12+,15+/m0/s1. The normalized spacial score (nSPS) is 24.3. The van der Waals surface area contributed by atoms with Crippen molar-refractivity contribution in [1.29, 1.82) is 0 Å². The first-order chi connectivity index (χ1) is 17.0. The number of rotatable bonds is 14. The zero-order chi connectivity index (χ0) is 28.1. The number of aliphatic hydroxyl groups is 4. The number of ketones is 1. The summed E-state index contributed by atoms with van der Waals surface area (Å²) >= 11 is 0. The minimum absolute atomic E-state index is 0.282. The molecule has 1 fully saturated rings. The van der Waals surface area contributed by atoms with Crippen LogP contribution in [-0.4, -0.2) is 98.3 Å². The number of carbonyl (C=O) groups is 2. The fourth-order valence-corrected chi connectivity index (χ4v) is 3.61. The summed E-state index contributed by atoms with van der Waals surface area (Å²) in [5.74, 6) is -2.49. The molecule has 1 amide bonds. The summed E-state index contributed by atoms with van der Waals surface area (Å²) in [6, 6.07) is 0. The molecule has 20 nitrogen and oxygen atoms in total. The third-order valence-corrected chi connectivity index (χ3v) is 5.60. The maximum Gasteiger partial charge on any atom is 0.271 e. The van der Waals surface area contributed by atoms with Gasteiger partial charge in [0.2, 0.25) is 0 Å². The van der Waals surface area contributed by atoms with Crippen molar-refractivity contribution in [2.24, 2.45) is 10.7 Å². The number of Topliss-reactive ketones (excluding diaryl/α,β-unsaturated/α-hetero) is 1. The van der Waals surface area contributed by atoms with E-state index in [0.717, 1.165) is 17.2 Å². The van der Waals surface area contributed by atoms with Crippen molar-refractivity contribution >= 4 is 39.5 Å². The van der Waals surface area contributed by atoms with Gasteiger partial charge in [-0.15, -0.1) is 0 Å². The van der Waals surface area contributed by atoms with Crippen molar-refractivity contribution in [3.63, 3.8) is 0 Å². The second kappa shape index (κ2) is 12.6. The number of nitrogens with two attached hydrogens (primary N) is 1. The second-order valence-corrected chi connectivity index (χ2v) is 9.64. The maximum absolute atomic E-state index is 11.9. The molecule has 6 atom stereocenters. The van der Waals surface area contributed by atoms with Crippen LogP contribution in [0.1, 0.15) is 16.7 Å². The van der Waals surface area contributed by atoms with Gasteiger partial charge in [0.25, 0.3) is 5.91 Å². The predicted octanol–water partition coefficient (Wildman–Crippen LogP) is -6.98. The number of nitrogens with zero attached hydrogens (tertiary/aromatic N) is 3. The Morgan fingerprint density at radius 3 is 2.41 bits per heavy atom. The molecule has 1 aliphatic heterocycles. The number of ether oxygens (including phenoxy) is 1. The Balaban J connectivity index is 2.09. The van der Waals surface area contributed by atoms with Crippen LogP contribution in [0.3, 0.4) is 0 Å². The fourth-order valence-electron chi connectivity index (χ4n) is 2.95. The average Bonchev–Trinajstić information content (AvgIpc) is 3.33. The molecule has 0 unspecified atom stereocenters. The Morgan fingerprint density at radius 2 is 1.84 bits per heavy atom. The Labute approximate surface area is 206 Å². The molecule has 37 heavy (non-hydrogen) atoms. The highest BCUT2D eigenvalue weighted by Gasteiger charge is 2.45. The van der Waals surface area contributed by atoms with Gasteiger partial charge in [0.05, 0.1) is 41.5 Å². The lowest BCUT2D eigenvalue weighted by Crippen LogP contribution is -2.39. The van der Waals surface area contributed by atoms with E-state index < -0.39 is 89.5 Å². The summed E-state index contributed by atoms with van der Waals surface area (Å²) in [5, 5.41) is 42.0. The van der Waals surface area contributed by atoms with Crippen LogP contribution in [-0.2, 0) is 27.7 Å². The van der Waals surface area contributed by atoms with E-state index in [2.05, 4.69) is 24.3 Å². The lowest BCUT2D eigenvalue weighted by molar-refractivity contribution is -0.345. The number of primary amides is 1. The highest BCUT2D eigenvalue weighted by atomic mass is 31.2. The van der Waals surface area contributed by atoms with Crippen molar-refractivity contribution in [3.05, 3.63) is 12.0 Å². The first-order valence-electron chi connectivity index (χ1n) is 9.87. The number of nitrogens with one attached hydrogen (secondary N) is 1. The van der Waals surface area contributed by atoms with Gasteiger partial charge in [0, 0.05) is 0 Å². The van der Waals surface area contributed by atoms with Crippen LogP contribution in [0.15, 0.2) is 11.3 Å². The van der Waals surface area contributed by atoms with E-state index in [1.807, 2.05) is 0 Å². The van der Waals surface area contributed by atoms with Gasteiger partial charge in [-0.2, -0.15) is 0 Å². The molecule has 1 aromatic heterocycles. The van der Waals surface area contributed by atoms with Crippen LogP contribution in [0.4, 0.5) is 5.82 Å². The van der Waals surface area contributed by atoms with E-state index in [4.69, 9.17) is 10.5 Å². The summed E-state index contributed by atoms with van der Waals surface area (Å²) < 4.78 is 35.2.